The number of rotatable bonds is 4. The zero-order valence-electron chi connectivity index (χ0n) is 13.0. The molecule has 3 rings (SSSR count). The van der Waals surface area contributed by atoms with Gasteiger partial charge in [-0.05, 0) is 64.1 Å². The molecule has 3 fully saturated rings. The summed E-state index contributed by atoms with van der Waals surface area (Å²) in [6.45, 7) is 5.52. The van der Waals surface area contributed by atoms with Crippen molar-refractivity contribution in [2.45, 2.75) is 50.6 Å². The first-order chi connectivity index (χ1) is 10.3. The molecule has 2 unspecified atom stereocenters. The van der Waals surface area contributed by atoms with Gasteiger partial charge in [0.25, 0.3) is 0 Å². The Morgan fingerprint density at radius 1 is 1.19 bits per heavy atom. The van der Waals surface area contributed by atoms with Gasteiger partial charge >= 0.3 is 0 Å². The SMILES string of the molecule is O=C(CN1CCCC1C1CCCNC1)NC1CCOCC1. The van der Waals surface area contributed by atoms with Crippen molar-refractivity contribution in [2.24, 2.45) is 5.92 Å². The molecule has 0 aromatic rings. The fourth-order valence-corrected chi connectivity index (χ4v) is 4.09. The fourth-order valence-electron chi connectivity index (χ4n) is 4.09. The summed E-state index contributed by atoms with van der Waals surface area (Å²) < 4.78 is 5.34. The molecule has 5 nitrogen and oxygen atoms in total. The van der Waals surface area contributed by atoms with E-state index in [-0.39, 0.29) is 5.91 Å². The second kappa shape index (κ2) is 7.56. The van der Waals surface area contributed by atoms with Crippen molar-refractivity contribution in [3.05, 3.63) is 0 Å². The van der Waals surface area contributed by atoms with E-state index >= 15 is 0 Å². The quantitative estimate of drug-likeness (QED) is 0.803. The molecule has 120 valence electrons. The van der Waals surface area contributed by atoms with E-state index in [1.165, 1.54) is 25.7 Å². The summed E-state index contributed by atoms with van der Waals surface area (Å²) in [6.07, 6.45) is 7.02. The van der Waals surface area contributed by atoms with Crippen LogP contribution in [0.4, 0.5) is 0 Å². The van der Waals surface area contributed by atoms with Gasteiger partial charge in [-0.1, -0.05) is 0 Å². The van der Waals surface area contributed by atoms with Crippen LogP contribution in [0.15, 0.2) is 0 Å². The van der Waals surface area contributed by atoms with Crippen LogP contribution >= 0.6 is 0 Å². The average Bonchev–Trinajstić information content (AvgIpc) is 2.97. The van der Waals surface area contributed by atoms with Gasteiger partial charge in [0, 0.05) is 25.3 Å². The lowest BCUT2D eigenvalue weighted by Crippen LogP contribution is -2.48. The van der Waals surface area contributed by atoms with Crippen molar-refractivity contribution in [3.63, 3.8) is 0 Å². The van der Waals surface area contributed by atoms with E-state index < -0.39 is 0 Å². The van der Waals surface area contributed by atoms with Crippen LogP contribution in [0.25, 0.3) is 0 Å². The zero-order valence-corrected chi connectivity index (χ0v) is 13.0. The van der Waals surface area contributed by atoms with Crippen molar-refractivity contribution in [3.8, 4) is 0 Å². The van der Waals surface area contributed by atoms with E-state index in [2.05, 4.69) is 15.5 Å². The fraction of sp³-hybridized carbons (Fsp3) is 0.938. The lowest BCUT2D eigenvalue weighted by atomic mass is 9.90. The van der Waals surface area contributed by atoms with Gasteiger partial charge in [-0.2, -0.15) is 0 Å². The van der Waals surface area contributed by atoms with Gasteiger partial charge in [0.2, 0.25) is 5.91 Å². The molecule has 3 heterocycles. The van der Waals surface area contributed by atoms with Gasteiger partial charge in [0.15, 0.2) is 0 Å². The van der Waals surface area contributed by atoms with Crippen LogP contribution in [0, 0.1) is 5.92 Å². The highest BCUT2D eigenvalue weighted by Crippen LogP contribution is 2.27. The van der Waals surface area contributed by atoms with E-state index in [4.69, 9.17) is 4.74 Å². The predicted octanol–water partition coefficient (Wildman–Crippen LogP) is 0.746. The first kappa shape index (κ1) is 15.3. The molecular formula is C16H29N3O2. The smallest absolute Gasteiger partial charge is 0.234 e. The Morgan fingerprint density at radius 2 is 2.05 bits per heavy atom. The lowest BCUT2D eigenvalue weighted by Gasteiger charge is -2.34. The summed E-state index contributed by atoms with van der Waals surface area (Å²) in [5, 5.41) is 6.70. The van der Waals surface area contributed by atoms with Gasteiger partial charge in [0.1, 0.15) is 0 Å². The molecule has 21 heavy (non-hydrogen) atoms. The molecule has 0 aromatic heterocycles. The van der Waals surface area contributed by atoms with Crippen molar-refractivity contribution in [1.29, 1.82) is 0 Å². The molecule has 3 aliphatic heterocycles. The number of carbonyl (C=O) groups excluding carboxylic acids is 1. The van der Waals surface area contributed by atoms with Crippen LogP contribution in [0.2, 0.25) is 0 Å². The van der Waals surface area contributed by atoms with E-state index in [1.807, 2.05) is 0 Å². The Morgan fingerprint density at radius 3 is 2.81 bits per heavy atom. The average molecular weight is 295 g/mol. The molecule has 3 saturated heterocycles. The number of carbonyl (C=O) groups is 1. The van der Waals surface area contributed by atoms with Crippen molar-refractivity contribution in [2.75, 3.05) is 39.4 Å². The Kier molecular flexibility index (Phi) is 5.49. The topological polar surface area (TPSA) is 53.6 Å². The third-order valence-corrected chi connectivity index (χ3v) is 5.23. The standard InChI is InChI=1S/C16H29N3O2/c20-16(18-14-5-9-21-10-6-14)12-19-8-2-4-15(19)13-3-1-7-17-11-13/h13-15,17H,1-12H2,(H,18,20). The maximum absolute atomic E-state index is 12.3. The minimum absolute atomic E-state index is 0.206. The molecule has 0 radical (unpaired) electrons. The normalized spacial score (nSPS) is 32.2. The van der Waals surface area contributed by atoms with Crippen LogP contribution in [-0.4, -0.2) is 62.3 Å². The summed E-state index contributed by atoms with van der Waals surface area (Å²) in [5.41, 5.74) is 0. The molecule has 3 aliphatic rings. The summed E-state index contributed by atoms with van der Waals surface area (Å²) in [4.78, 5) is 14.7. The molecular weight excluding hydrogens is 266 g/mol. The largest absolute Gasteiger partial charge is 0.381 e. The Hall–Kier alpha value is -0.650. The highest BCUT2D eigenvalue weighted by Gasteiger charge is 2.33. The van der Waals surface area contributed by atoms with Crippen LogP contribution < -0.4 is 10.6 Å². The van der Waals surface area contributed by atoms with Crippen molar-refractivity contribution in [1.82, 2.24) is 15.5 Å². The summed E-state index contributed by atoms with van der Waals surface area (Å²) in [5.74, 6) is 0.940. The van der Waals surface area contributed by atoms with Crippen molar-refractivity contribution >= 4 is 5.91 Å². The van der Waals surface area contributed by atoms with Crippen LogP contribution in [0.1, 0.15) is 38.5 Å². The molecule has 0 aromatic carbocycles. The highest BCUT2D eigenvalue weighted by molar-refractivity contribution is 5.78. The summed E-state index contributed by atoms with van der Waals surface area (Å²) in [6, 6.07) is 0.932. The molecule has 0 bridgehead atoms. The van der Waals surface area contributed by atoms with E-state index in [0.29, 0.717) is 18.6 Å². The van der Waals surface area contributed by atoms with E-state index in [1.54, 1.807) is 0 Å². The first-order valence-electron chi connectivity index (χ1n) is 8.65. The molecule has 2 N–H and O–H groups in total. The third kappa shape index (κ3) is 4.18. The van der Waals surface area contributed by atoms with Crippen molar-refractivity contribution < 1.29 is 9.53 Å². The van der Waals surface area contributed by atoms with Gasteiger partial charge < -0.3 is 15.4 Å². The van der Waals surface area contributed by atoms with Crippen LogP contribution in [-0.2, 0) is 9.53 Å². The third-order valence-electron chi connectivity index (χ3n) is 5.23. The number of hydrogen-bond acceptors (Lipinski definition) is 4. The summed E-state index contributed by atoms with van der Waals surface area (Å²) >= 11 is 0. The van der Waals surface area contributed by atoms with Crippen LogP contribution in [0.3, 0.4) is 0 Å². The van der Waals surface area contributed by atoms with E-state index in [0.717, 1.165) is 51.6 Å². The Bertz CT molecular complexity index is 338. The predicted molar refractivity (Wildman–Crippen MR) is 82.2 cm³/mol. The van der Waals surface area contributed by atoms with Gasteiger partial charge in [-0.15, -0.1) is 0 Å². The number of nitrogens with zero attached hydrogens (tertiary/aromatic N) is 1. The molecule has 1 amide bonds. The van der Waals surface area contributed by atoms with Gasteiger partial charge in [0.05, 0.1) is 6.54 Å². The number of piperidine rings is 1. The Balaban J connectivity index is 1.47. The van der Waals surface area contributed by atoms with E-state index in [9.17, 15) is 4.79 Å². The number of hydrogen-bond donors (Lipinski definition) is 2. The number of nitrogens with one attached hydrogen (secondary N) is 2. The number of amides is 1. The number of ether oxygens (including phenoxy) is 1. The minimum Gasteiger partial charge on any atom is -0.381 e. The lowest BCUT2D eigenvalue weighted by molar-refractivity contribution is -0.124. The maximum atomic E-state index is 12.3. The molecule has 0 saturated carbocycles. The molecule has 5 heteroatoms. The molecule has 0 spiro atoms. The zero-order chi connectivity index (χ0) is 14.5. The van der Waals surface area contributed by atoms with Gasteiger partial charge in [-0.25, -0.2) is 0 Å². The Labute approximate surface area is 127 Å². The highest BCUT2D eigenvalue weighted by atomic mass is 16.5. The van der Waals surface area contributed by atoms with Crippen LogP contribution in [0.5, 0.6) is 0 Å². The molecule has 0 aliphatic carbocycles. The monoisotopic (exact) mass is 295 g/mol. The van der Waals surface area contributed by atoms with Gasteiger partial charge in [-0.3, -0.25) is 9.69 Å². The molecule has 2 atom stereocenters. The second-order valence-corrected chi connectivity index (χ2v) is 6.74. The minimum atomic E-state index is 0.206. The summed E-state index contributed by atoms with van der Waals surface area (Å²) in [7, 11) is 0. The number of likely N-dealkylation sites (tertiary alicyclic amines) is 1. The second-order valence-electron chi connectivity index (χ2n) is 6.74. The first-order valence-corrected chi connectivity index (χ1v) is 8.65. The maximum Gasteiger partial charge on any atom is 0.234 e.